The van der Waals surface area contributed by atoms with Crippen LogP contribution in [0.5, 0.6) is 0 Å². The van der Waals surface area contributed by atoms with Gasteiger partial charge >= 0.3 is 0 Å². The molecule has 0 saturated carbocycles. The number of alkyl halides is 1. The highest BCUT2D eigenvalue weighted by molar-refractivity contribution is 9.10. The van der Waals surface area contributed by atoms with Gasteiger partial charge in [-0.2, -0.15) is 0 Å². The molecule has 1 N–H and O–H groups in total. The highest BCUT2D eigenvalue weighted by atomic mass is 79.9. The first-order chi connectivity index (χ1) is 5.96. The van der Waals surface area contributed by atoms with Gasteiger partial charge in [-0.05, 0) is 26.7 Å². The molecule has 1 unspecified atom stereocenters. The van der Waals surface area contributed by atoms with E-state index in [2.05, 4.69) is 15.9 Å². The number of nitrogens with zero attached hydrogens (tertiary/aromatic N) is 1. The second-order valence-corrected chi connectivity index (χ2v) is 5.93. The molecule has 0 aromatic rings. The van der Waals surface area contributed by atoms with Gasteiger partial charge in [-0.15, -0.1) is 0 Å². The molecule has 1 saturated heterocycles. The van der Waals surface area contributed by atoms with Crippen molar-refractivity contribution in [3.63, 3.8) is 0 Å². The summed E-state index contributed by atoms with van der Waals surface area (Å²) in [7, 11) is 0. The maximum absolute atomic E-state index is 11.8. The highest BCUT2D eigenvalue weighted by Gasteiger charge is 2.35. The molecular weight excluding hydrogens is 234 g/mol. The lowest BCUT2D eigenvalue weighted by molar-refractivity contribution is -0.134. The summed E-state index contributed by atoms with van der Waals surface area (Å²) < 4.78 is -0.509. The van der Waals surface area contributed by atoms with Crippen molar-refractivity contribution in [3.05, 3.63) is 0 Å². The Balaban J connectivity index is 2.66. The molecule has 4 heteroatoms. The number of likely N-dealkylation sites (tertiary alicyclic amines) is 1. The van der Waals surface area contributed by atoms with Gasteiger partial charge in [0.05, 0.1) is 17.0 Å². The molecule has 0 aromatic carbocycles. The fourth-order valence-electron chi connectivity index (χ4n) is 1.63. The van der Waals surface area contributed by atoms with Crippen LogP contribution in [0.4, 0.5) is 0 Å². The van der Waals surface area contributed by atoms with Gasteiger partial charge < -0.3 is 10.0 Å². The molecular formula is C9H16BrNO2. The third-order valence-electron chi connectivity index (χ3n) is 2.36. The van der Waals surface area contributed by atoms with Gasteiger partial charge in [0, 0.05) is 6.54 Å². The van der Waals surface area contributed by atoms with E-state index < -0.39 is 4.32 Å². The summed E-state index contributed by atoms with van der Waals surface area (Å²) in [5, 5.41) is 9.04. The average molecular weight is 250 g/mol. The van der Waals surface area contributed by atoms with Crippen LogP contribution < -0.4 is 0 Å². The van der Waals surface area contributed by atoms with Gasteiger partial charge in [0.1, 0.15) is 0 Å². The number of carbonyl (C=O) groups is 1. The summed E-state index contributed by atoms with van der Waals surface area (Å²) in [6, 6.07) is 0.0318. The number of carbonyl (C=O) groups excluding carboxylic acids is 1. The van der Waals surface area contributed by atoms with E-state index in [0.717, 1.165) is 19.4 Å². The SMILES string of the molecule is CC(C)(Br)C(=O)N1CCCC1CO. The highest BCUT2D eigenvalue weighted by Crippen LogP contribution is 2.25. The molecule has 0 bridgehead atoms. The van der Waals surface area contributed by atoms with Crippen molar-refractivity contribution in [3.8, 4) is 0 Å². The van der Waals surface area contributed by atoms with Crippen LogP contribution in [-0.4, -0.2) is 39.4 Å². The van der Waals surface area contributed by atoms with Crippen molar-refractivity contribution in [2.45, 2.75) is 37.1 Å². The van der Waals surface area contributed by atoms with Crippen molar-refractivity contribution < 1.29 is 9.90 Å². The fraction of sp³-hybridized carbons (Fsp3) is 0.889. The van der Waals surface area contributed by atoms with E-state index in [1.807, 2.05) is 13.8 Å². The van der Waals surface area contributed by atoms with E-state index in [1.54, 1.807) is 4.90 Å². The molecule has 76 valence electrons. The molecule has 1 amide bonds. The second-order valence-electron chi connectivity index (χ2n) is 3.95. The Morgan fingerprint density at radius 1 is 1.69 bits per heavy atom. The number of halogens is 1. The van der Waals surface area contributed by atoms with Crippen LogP contribution in [0, 0.1) is 0 Å². The van der Waals surface area contributed by atoms with E-state index >= 15 is 0 Å². The number of aliphatic hydroxyl groups is 1. The Bertz CT molecular complexity index is 200. The number of hydrogen-bond acceptors (Lipinski definition) is 2. The molecule has 1 heterocycles. The van der Waals surface area contributed by atoms with Crippen molar-refractivity contribution in [1.29, 1.82) is 0 Å². The number of amides is 1. The monoisotopic (exact) mass is 249 g/mol. The Labute approximate surface area is 87.2 Å². The molecule has 13 heavy (non-hydrogen) atoms. The zero-order chi connectivity index (χ0) is 10.1. The molecule has 1 aliphatic rings. The van der Waals surface area contributed by atoms with E-state index in [-0.39, 0.29) is 18.6 Å². The number of aliphatic hydroxyl groups excluding tert-OH is 1. The van der Waals surface area contributed by atoms with Crippen LogP contribution in [0.1, 0.15) is 26.7 Å². The van der Waals surface area contributed by atoms with Crippen LogP contribution in [0.25, 0.3) is 0 Å². The quantitative estimate of drug-likeness (QED) is 0.747. The molecule has 3 nitrogen and oxygen atoms in total. The minimum atomic E-state index is -0.509. The molecule has 1 fully saturated rings. The molecule has 1 aliphatic heterocycles. The lowest BCUT2D eigenvalue weighted by atomic mass is 10.1. The Morgan fingerprint density at radius 2 is 2.31 bits per heavy atom. The normalized spacial score (nSPS) is 23.7. The van der Waals surface area contributed by atoms with Gasteiger partial charge in [0.25, 0.3) is 0 Å². The predicted molar refractivity (Wildman–Crippen MR) is 54.8 cm³/mol. The smallest absolute Gasteiger partial charge is 0.239 e. The van der Waals surface area contributed by atoms with Gasteiger partial charge in [-0.1, -0.05) is 15.9 Å². The van der Waals surface area contributed by atoms with E-state index in [9.17, 15) is 4.79 Å². The predicted octanol–water partition coefficient (Wildman–Crippen LogP) is 1.14. The van der Waals surface area contributed by atoms with Gasteiger partial charge in [0.2, 0.25) is 5.91 Å². The maximum Gasteiger partial charge on any atom is 0.239 e. The van der Waals surface area contributed by atoms with Crippen LogP contribution in [0.3, 0.4) is 0 Å². The molecule has 1 atom stereocenters. The summed E-state index contributed by atoms with van der Waals surface area (Å²) in [6.45, 7) is 4.53. The zero-order valence-corrected chi connectivity index (χ0v) is 9.67. The summed E-state index contributed by atoms with van der Waals surface area (Å²) in [4.78, 5) is 13.6. The lowest BCUT2D eigenvalue weighted by Gasteiger charge is -2.28. The topological polar surface area (TPSA) is 40.5 Å². The first kappa shape index (κ1) is 11.0. The first-order valence-corrected chi connectivity index (χ1v) is 5.37. The van der Waals surface area contributed by atoms with Gasteiger partial charge in [-0.3, -0.25) is 4.79 Å². The second kappa shape index (κ2) is 3.96. The van der Waals surface area contributed by atoms with E-state index in [0.29, 0.717) is 0 Å². The van der Waals surface area contributed by atoms with Crippen molar-refractivity contribution in [2.24, 2.45) is 0 Å². The lowest BCUT2D eigenvalue weighted by Crippen LogP contribution is -2.45. The van der Waals surface area contributed by atoms with Crippen LogP contribution >= 0.6 is 15.9 Å². The summed E-state index contributed by atoms with van der Waals surface area (Å²) in [5.74, 6) is 0.0732. The Hall–Kier alpha value is -0.0900. The Morgan fingerprint density at radius 3 is 2.77 bits per heavy atom. The minimum absolute atomic E-state index is 0.0318. The first-order valence-electron chi connectivity index (χ1n) is 4.57. The minimum Gasteiger partial charge on any atom is -0.394 e. The third kappa shape index (κ3) is 2.44. The largest absolute Gasteiger partial charge is 0.394 e. The maximum atomic E-state index is 11.8. The van der Waals surface area contributed by atoms with Crippen LogP contribution in [0.2, 0.25) is 0 Å². The molecule has 0 aliphatic carbocycles. The molecule has 1 rings (SSSR count). The van der Waals surface area contributed by atoms with Gasteiger partial charge in [0.15, 0.2) is 0 Å². The summed E-state index contributed by atoms with van der Waals surface area (Å²) in [5.41, 5.74) is 0. The van der Waals surface area contributed by atoms with Crippen molar-refractivity contribution in [1.82, 2.24) is 4.90 Å². The van der Waals surface area contributed by atoms with Crippen LogP contribution in [0.15, 0.2) is 0 Å². The van der Waals surface area contributed by atoms with E-state index in [4.69, 9.17) is 5.11 Å². The average Bonchev–Trinajstić information content (AvgIpc) is 2.48. The number of hydrogen-bond donors (Lipinski definition) is 1. The zero-order valence-electron chi connectivity index (χ0n) is 8.09. The standard InChI is InChI=1S/C9H16BrNO2/c1-9(2,10)8(13)11-5-3-4-7(11)6-12/h7,12H,3-6H2,1-2H3. The third-order valence-corrected chi connectivity index (χ3v) is 2.70. The molecule has 0 spiro atoms. The van der Waals surface area contributed by atoms with Crippen LogP contribution in [-0.2, 0) is 4.79 Å². The molecule has 0 radical (unpaired) electrons. The van der Waals surface area contributed by atoms with Crippen molar-refractivity contribution >= 4 is 21.8 Å². The van der Waals surface area contributed by atoms with Crippen molar-refractivity contribution in [2.75, 3.05) is 13.2 Å². The Kier molecular flexibility index (Phi) is 3.35. The van der Waals surface area contributed by atoms with E-state index in [1.165, 1.54) is 0 Å². The molecule has 0 aromatic heterocycles. The number of rotatable bonds is 2. The van der Waals surface area contributed by atoms with Gasteiger partial charge in [-0.25, -0.2) is 0 Å². The summed E-state index contributed by atoms with van der Waals surface area (Å²) in [6.07, 6.45) is 1.92. The fourth-order valence-corrected chi connectivity index (χ4v) is 1.86. The summed E-state index contributed by atoms with van der Waals surface area (Å²) >= 11 is 3.34.